The predicted octanol–water partition coefficient (Wildman–Crippen LogP) is 5.69. The van der Waals surface area contributed by atoms with Crippen molar-refractivity contribution in [3.8, 4) is 17.4 Å². The highest BCUT2D eigenvalue weighted by Crippen LogP contribution is 2.29. The molecule has 0 bridgehead atoms. The number of pyridine rings is 1. The Morgan fingerprint density at radius 1 is 1.07 bits per heavy atom. The molecule has 2 aromatic carbocycles. The fourth-order valence-electron chi connectivity index (χ4n) is 2.92. The molecule has 5 nitrogen and oxygen atoms in total. The number of rotatable bonds is 4. The largest absolute Gasteiger partial charge is 0.457 e. The van der Waals surface area contributed by atoms with Crippen LogP contribution in [0.1, 0.15) is 5.76 Å². The van der Waals surface area contributed by atoms with Gasteiger partial charge in [-0.1, -0.05) is 41.9 Å². The Bertz CT molecular complexity index is 1280. The summed E-state index contributed by atoms with van der Waals surface area (Å²) in [6, 6.07) is 21.8. The molecule has 0 unspecified atom stereocenters. The summed E-state index contributed by atoms with van der Waals surface area (Å²) < 4.78 is 5.75. The van der Waals surface area contributed by atoms with E-state index in [2.05, 4.69) is 10.3 Å². The summed E-state index contributed by atoms with van der Waals surface area (Å²) >= 11 is 6.19. The van der Waals surface area contributed by atoms with Crippen LogP contribution in [0.25, 0.3) is 28.3 Å². The quantitative estimate of drug-likeness (QED) is 0.353. The highest BCUT2D eigenvalue weighted by atomic mass is 35.5. The molecule has 0 radical (unpaired) electrons. The number of benzene rings is 2. The zero-order valence-electron chi connectivity index (χ0n) is 15.1. The van der Waals surface area contributed by atoms with Crippen LogP contribution in [-0.4, -0.2) is 10.9 Å². The minimum Gasteiger partial charge on any atom is -0.457 e. The van der Waals surface area contributed by atoms with E-state index in [1.807, 2.05) is 48.5 Å². The second kappa shape index (κ2) is 8.01. The molecular formula is C23H14ClN3O2. The summed E-state index contributed by atoms with van der Waals surface area (Å²) in [5.74, 6) is 0.391. The molecule has 0 fully saturated rings. The molecular weight excluding hydrogens is 386 g/mol. The van der Waals surface area contributed by atoms with Crippen LogP contribution < -0.4 is 5.32 Å². The third-order valence-corrected chi connectivity index (χ3v) is 4.63. The monoisotopic (exact) mass is 399 g/mol. The van der Waals surface area contributed by atoms with Crippen LogP contribution in [-0.2, 0) is 4.79 Å². The molecule has 0 aliphatic rings. The van der Waals surface area contributed by atoms with Crippen molar-refractivity contribution < 1.29 is 9.21 Å². The Labute approximate surface area is 171 Å². The number of hydrogen-bond donors (Lipinski definition) is 1. The van der Waals surface area contributed by atoms with Gasteiger partial charge < -0.3 is 9.73 Å². The first-order valence-electron chi connectivity index (χ1n) is 8.77. The van der Waals surface area contributed by atoms with E-state index in [9.17, 15) is 10.1 Å². The molecule has 0 aliphatic carbocycles. The molecule has 0 spiro atoms. The van der Waals surface area contributed by atoms with Gasteiger partial charge in [-0.15, -0.1) is 0 Å². The van der Waals surface area contributed by atoms with Crippen molar-refractivity contribution in [2.24, 2.45) is 0 Å². The van der Waals surface area contributed by atoms with E-state index < -0.39 is 5.91 Å². The Morgan fingerprint density at radius 3 is 2.72 bits per heavy atom. The number of carbonyl (C=O) groups is 1. The van der Waals surface area contributed by atoms with Gasteiger partial charge in [-0.2, -0.15) is 5.26 Å². The van der Waals surface area contributed by atoms with Gasteiger partial charge in [-0.25, -0.2) is 0 Å². The molecule has 6 heteroatoms. The maximum atomic E-state index is 12.6. The molecule has 0 atom stereocenters. The number of aromatic nitrogens is 1. The molecule has 0 saturated heterocycles. The first kappa shape index (κ1) is 18.5. The summed E-state index contributed by atoms with van der Waals surface area (Å²) in [5.41, 5.74) is 1.83. The van der Waals surface area contributed by atoms with Crippen molar-refractivity contribution in [1.82, 2.24) is 4.98 Å². The van der Waals surface area contributed by atoms with Gasteiger partial charge in [0.05, 0.1) is 16.2 Å². The van der Waals surface area contributed by atoms with E-state index in [0.717, 1.165) is 10.9 Å². The lowest BCUT2D eigenvalue weighted by molar-refractivity contribution is -0.112. The van der Waals surface area contributed by atoms with Gasteiger partial charge >= 0.3 is 0 Å². The Balaban J connectivity index is 1.60. The predicted molar refractivity (Wildman–Crippen MR) is 113 cm³/mol. The summed E-state index contributed by atoms with van der Waals surface area (Å²) in [7, 11) is 0. The lowest BCUT2D eigenvalue weighted by atomic mass is 10.1. The van der Waals surface area contributed by atoms with Crippen LogP contribution in [0.5, 0.6) is 0 Å². The number of nitrogens with one attached hydrogen (secondary N) is 1. The molecule has 140 valence electrons. The van der Waals surface area contributed by atoms with Crippen LogP contribution in [0.3, 0.4) is 0 Å². The van der Waals surface area contributed by atoms with Crippen molar-refractivity contribution in [2.75, 3.05) is 5.32 Å². The molecule has 4 aromatic rings. The van der Waals surface area contributed by atoms with Crippen LogP contribution in [0.4, 0.5) is 5.69 Å². The highest BCUT2D eigenvalue weighted by molar-refractivity contribution is 6.33. The lowest BCUT2D eigenvalue weighted by Crippen LogP contribution is -2.13. The molecule has 2 aromatic heterocycles. The van der Waals surface area contributed by atoms with Crippen LogP contribution in [0.15, 0.2) is 82.9 Å². The zero-order chi connectivity index (χ0) is 20.2. The first-order chi connectivity index (χ1) is 14.2. The second-order valence-electron chi connectivity index (χ2n) is 6.19. The van der Waals surface area contributed by atoms with Gasteiger partial charge in [0.15, 0.2) is 0 Å². The van der Waals surface area contributed by atoms with Crippen LogP contribution in [0, 0.1) is 11.3 Å². The fourth-order valence-corrected chi connectivity index (χ4v) is 3.15. The van der Waals surface area contributed by atoms with Gasteiger partial charge in [0.25, 0.3) is 5.91 Å². The van der Waals surface area contributed by atoms with Gasteiger partial charge in [-0.3, -0.25) is 9.78 Å². The van der Waals surface area contributed by atoms with Gasteiger partial charge in [-0.05, 0) is 36.4 Å². The van der Waals surface area contributed by atoms with E-state index in [1.165, 1.54) is 6.08 Å². The van der Waals surface area contributed by atoms with Gasteiger partial charge in [0, 0.05) is 23.2 Å². The third-order valence-electron chi connectivity index (χ3n) is 4.30. The molecule has 2 heterocycles. The lowest BCUT2D eigenvalue weighted by Gasteiger charge is -2.07. The van der Waals surface area contributed by atoms with Crippen molar-refractivity contribution in [3.05, 3.63) is 89.3 Å². The number of anilines is 1. The summed E-state index contributed by atoms with van der Waals surface area (Å²) in [6.07, 6.45) is 3.05. The van der Waals surface area contributed by atoms with Crippen molar-refractivity contribution in [3.63, 3.8) is 0 Å². The van der Waals surface area contributed by atoms with Crippen LogP contribution in [0.2, 0.25) is 5.02 Å². The topological polar surface area (TPSA) is 78.9 Å². The summed E-state index contributed by atoms with van der Waals surface area (Å²) in [6.45, 7) is 0. The first-order valence-corrected chi connectivity index (χ1v) is 9.15. The van der Waals surface area contributed by atoms with E-state index >= 15 is 0 Å². The Morgan fingerprint density at radius 2 is 1.90 bits per heavy atom. The number of nitrogens with zero attached hydrogens (tertiary/aromatic N) is 2. The number of carbonyl (C=O) groups excluding carboxylic acids is 1. The summed E-state index contributed by atoms with van der Waals surface area (Å²) in [4.78, 5) is 16.9. The van der Waals surface area contributed by atoms with Crippen molar-refractivity contribution in [1.29, 1.82) is 5.26 Å². The zero-order valence-corrected chi connectivity index (χ0v) is 15.9. The number of furan rings is 1. The maximum Gasteiger partial charge on any atom is 0.266 e. The van der Waals surface area contributed by atoms with Crippen LogP contribution >= 0.6 is 11.6 Å². The fraction of sp³-hybridized carbons (Fsp3) is 0. The van der Waals surface area contributed by atoms with Crippen molar-refractivity contribution in [2.45, 2.75) is 0 Å². The Kier molecular flexibility index (Phi) is 5.10. The average molecular weight is 400 g/mol. The number of para-hydroxylation sites is 1. The standard InChI is InChI=1S/C23H14ClN3O2/c24-19-8-2-1-7-18(19)21-11-10-17(29-21)13-16(14-25)23(28)27-20-9-3-5-15-6-4-12-26-22(15)20/h1-13H,(H,27,28)/b16-13+. The highest BCUT2D eigenvalue weighted by Gasteiger charge is 2.14. The molecule has 0 saturated carbocycles. The molecule has 4 rings (SSSR count). The smallest absolute Gasteiger partial charge is 0.266 e. The number of hydrogen-bond acceptors (Lipinski definition) is 4. The molecule has 0 aliphatic heterocycles. The maximum absolute atomic E-state index is 12.6. The van der Waals surface area contributed by atoms with Crippen molar-refractivity contribution >= 4 is 40.2 Å². The second-order valence-corrected chi connectivity index (χ2v) is 6.59. The number of fused-ring (bicyclic) bond motifs is 1. The Hall–Kier alpha value is -3.88. The average Bonchev–Trinajstić information content (AvgIpc) is 3.21. The third kappa shape index (κ3) is 3.88. The number of nitriles is 1. The minimum absolute atomic E-state index is 0.0852. The van der Waals surface area contributed by atoms with E-state index in [4.69, 9.17) is 16.0 Å². The normalized spacial score (nSPS) is 11.2. The number of halogens is 1. The summed E-state index contributed by atoms with van der Waals surface area (Å²) in [5, 5.41) is 13.7. The molecule has 29 heavy (non-hydrogen) atoms. The van der Waals surface area contributed by atoms with E-state index in [0.29, 0.717) is 27.7 Å². The molecule has 1 N–H and O–H groups in total. The van der Waals surface area contributed by atoms with E-state index in [1.54, 1.807) is 30.5 Å². The van der Waals surface area contributed by atoms with Gasteiger partial charge in [0.2, 0.25) is 0 Å². The van der Waals surface area contributed by atoms with E-state index in [-0.39, 0.29) is 5.57 Å². The minimum atomic E-state index is -0.540. The molecule has 1 amide bonds. The number of amides is 1. The van der Waals surface area contributed by atoms with Gasteiger partial charge in [0.1, 0.15) is 23.2 Å². The SMILES string of the molecule is N#C/C(=C\c1ccc(-c2ccccc2Cl)o1)C(=O)Nc1cccc2cccnc12.